The highest BCUT2D eigenvalue weighted by Gasteiger charge is 2.09. The lowest BCUT2D eigenvalue weighted by atomic mass is 10.2. The average Bonchev–Trinajstić information content (AvgIpc) is 2.75. The van der Waals surface area contributed by atoms with E-state index in [1.54, 1.807) is 67.8 Å². The van der Waals surface area contributed by atoms with Crippen molar-refractivity contribution in [2.75, 3.05) is 7.11 Å². The molecular formula is C22H17IN2O4. The Morgan fingerprint density at radius 1 is 0.931 bits per heavy atom. The van der Waals surface area contributed by atoms with Crippen molar-refractivity contribution in [3.05, 3.63) is 93.1 Å². The van der Waals surface area contributed by atoms with Gasteiger partial charge in [0, 0.05) is 3.57 Å². The van der Waals surface area contributed by atoms with E-state index >= 15 is 0 Å². The predicted molar refractivity (Wildman–Crippen MR) is 119 cm³/mol. The van der Waals surface area contributed by atoms with Crippen LogP contribution in [0.25, 0.3) is 0 Å². The number of carbonyl (C=O) groups excluding carboxylic acids is 2. The number of rotatable bonds is 6. The molecule has 0 saturated heterocycles. The number of nitrogens with zero attached hydrogens (tertiary/aromatic N) is 1. The highest BCUT2D eigenvalue weighted by molar-refractivity contribution is 14.1. The first-order valence-electron chi connectivity index (χ1n) is 8.61. The summed E-state index contributed by atoms with van der Waals surface area (Å²) in [5.74, 6) is 0.334. The van der Waals surface area contributed by atoms with Gasteiger partial charge in [-0.2, -0.15) is 5.10 Å². The van der Waals surface area contributed by atoms with Crippen LogP contribution < -0.4 is 14.9 Å². The van der Waals surface area contributed by atoms with Crippen molar-refractivity contribution < 1.29 is 19.1 Å². The van der Waals surface area contributed by atoms with Crippen molar-refractivity contribution in [3.63, 3.8) is 0 Å². The summed E-state index contributed by atoms with van der Waals surface area (Å²) in [6, 6.07) is 20.7. The second-order valence-electron chi connectivity index (χ2n) is 5.87. The van der Waals surface area contributed by atoms with Gasteiger partial charge in [0.2, 0.25) is 0 Å². The van der Waals surface area contributed by atoms with Gasteiger partial charge in [0.1, 0.15) is 11.5 Å². The highest BCUT2D eigenvalue weighted by Crippen LogP contribution is 2.16. The summed E-state index contributed by atoms with van der Waals surface area (Å²) in [4.78, 5) is 24.3. The molecule has 0 atom stereocenters. The lowest BCUT2D eigenvalue weighted by Gasteiger charge is -2.05. The van der Waals surface area contributed by atoms with Gasteiger partial charge in [0.05, 0.1) is 24.5 Å². The van der Waals surface area contributed by atoms with Crippen molar-refractivity contribution in [1.29, 1.82) is 0 Å². The molecule has 6 nitrogen and oxygen atoms in total. The molecule has 146 valence electrons. The zero-order valence-electron chi connectivity index (χ0n) is 15.5. The van der Waals surface area contributed by atoms with E-state index in [0.717, 1.165) is 9.13 Å². The number of hydrogen-bond acceptors (Lipinski definition) is 5. The molecule has 0 saturated carbocycles. The maximum absolute atomic E-state index is 12.2. The molecule has 3 aromatic rings. The number of hydrogen-bond donors (Lipinski definition) is 1. The van der Waals surface area contributed by atoms with Crippen LogP contribution in [0.2, 0.25) is 0 Å². The molecule has 0 heterocycles. The molecular weight excluding hydrogens is 483 g/mol. The Labute approximate surface area is 181 Å². The first-order valence-corrected chi connectivity index (χ1v) is 9.69. The molecule has 0 aromatic heterocycles. The van der Waals surface area contributed by atoms with E-state index in [1.165, 1.54) is 6.21 Å². The molecule has 7 heteroatoms. The third-order valence-electron chi connectivity index (χ3n) is 3.91. The monoisotopic (exact) mass is 500 g/mol. The molecule has 1 N–H and O–H groups in total. The van der Waals surface area contributed by atoms with Gasteiger partial charge in [-0.3, -0.25) is 4.79 Å². The van der Waals surface area contributed by atoms with Gasteiger partial charge in [-0.15, -0.1) is 0 Å². The summed E-state index contributed by atoms with van der Waals surface area (Å²) in [7, 11) is 1.56. The van der Waals surface area contributed by atoms with Crippen molar-refractivity contribution in [3.8, 4) is 11.5 Å². The normalized spacial score (nSPS) is 10.6. The maximum atomic E-state index is 12.2. The largest absolute Gasteiger partial charge is 0.497 e. The summed E-state index contributed by atoms with van der Waals surface area (Å²) < 4.78 is 11.3. The van der Waals surface area contributed by atoms with Gasteiger partial charge < -0.3 is 9.47 Å². The SMILES string of the molecule is COc1ccc(C(=O)Oc2ccc(/C=N\NC(=O)c3ccccc3I)cc2)cc1. The minimum atomic E-state index is -0.459. The van der Waals surface area contributed by atoms with Crippen LogP contribution in [0.3, 0.4) is 0 Å². The molecule has 0 fully saturated rings. The Kier molecular flexibility index (Phi) is 6.96. The van der Waals surface area contributed by atoms with Crippen LogP contribution in [0.1, 0.15) is 26.3 Å². The van der Waals surface area contributed by atoms with Crippen LogP contribution in [-0.4, -0.2) is 25.2 Å². The standard InChI is InChI=1S/C22H17IN2O4/c1-28-17-12-8-16(9-13-17)22(27)29-18-10-6-15(7-11-18)14-24-25-21(26)19-4-2-3-5-20(19)23/h2-14H,1H3,(H,25,26)/b24-14-. The number of esters is 1. The number of amides is 1. The molecule has 3 aromatic carbocycles. The van der Waals surface area contributed by atoms with Crippen LogP contribution in [0.5, 0.6) is 11.5 Å². The molecule has 0 bridgehead atoms. The van der Waals surface area contributed by atoms with Crippen LogP contribution in [0.4, 0.5) is 0 Å². The summed E-state index contributed by atoms with van der Waals surface area (Å²) in [5.41, 5.74) is 4.23. The zero-order chi connectivity index (χ0) is 20.6. The first-order chi connectivity index (χ1) is 14.1. The number of hydrazone groups is 1. The van der Waals surface area contributed by atoms with E-state index in [1.807, 2.05) is 12.1 Å². The fraction of sp³-hybridized carbons (Fsp3) is 0.0455. The Morgan fingerprint density at radius 3 is 2.24 bits per heavy atom. The third kappa shape index (κ3) is 5.64. The van der Waals surface area contributed by atoms with Gasteiger partial charge in [0.25, 0.3) is 5.91 Å². The minimum Gasteiger partial charge on any atom is -0.497 e. The van der Waals surface area contributed by atoms with Crippen LogP contribution in [-0.2, 0) is 0 Å². The van der Waals surface area contributed by atoms with Gasteiger partial charge in [-0.25, -0.2) is 10.2 Å². The van der Waals surface area contributed by atoms with Crippen molar-refractivity contribution in [1.82, 2.24) is 5.43 Å². The maximum Gasteiger partial charge on any atom is 0.343 e. The van der Waals surface area contributed by atoms with Gasteiger partial charge in [0.15, 0.2) is 0 Å². The second kappa shape index (κ2) is 9.83. The molecule has 29 heavy (non-hydrogen) atoms. The summed E-state index contributed by atoms with van der Waals surface area (Å²) in [6.45, 7) is 0. The van der Waals surface area contributed by atoms with E-state index in [0.29, 0.717) is 22.6 Å². The van der Waals surface area contributed by atoms with Crippen molar-refractivity contribution in [2.24, 2.45) is 5.10 Å². The Hall–Kier alpha value is -3.20. The Bertz CT molecular complexity index is 1030. The fourth-order valence-corrected chi connectivity index (χ4v) is 3.02. The molecule has 0 aliphatic heterocycles. The molecule has 0 aliphatic rings. The summed E-state index contributed by atoms with van der Waals surface area (Å²) >= 11 is 2.10. The molecule has 0 unspecified atom stereocenters. The summed E-state index contributed by atoms with van der Waals surface area (Å²) in [6.07, 6.45) is 1.52. The number of carbonyl (C=O) groups is 2. The van der Waals surface area contributed by atoms with Crippen LogP contribution in [0.15, 0.2) is 77.9 Å². The fourth-order valence-electron chi connectivity index (χ4n) is 2.39. The summed E-state index contributed by atoms with van der Waals surface area (Å²) in [5, 5.41) is 3.97. The lowest BCUT2D eigenvalue weighted by Crippen LogP contribution is -2.18. The second-order valence-corrected chi connectivity index (χ2v) is 7.03. The van der Waals surface area contributed by atoms with Crippen LogP contribution >= 0.6 is 22.6 Å². The molecule has 0 aliphatic carbocycles. The Balaban J connectivity index is 1.56. The minimum absolute atomic E-state index is 0.281. The van der Waals surface area contributed by atoms with E-state index in [9.17, 15) is 9.59 Å². The number of ether oxygens (including phenoxy) is 2. The first kappa shape index (κ1) is 20.5. The number of methoxy groups -OCH3 is 1. The lowest BCUT2D eigenvalue weighted by molar-refractivity contribution is 0.0734. The molecule has 1 amide bonds. The average molecular weight is 500 g/mol. The Morgan fingerprint density at radius 2 is 1.59 bits per heavy atom. The zero-order valence-corrected chi connectivity index (χ0v) is 17.6. The molecule has 0 spiro atoms. The third-order valence-corrected chi connectivity index (χ3v) is 4.86. The number of benzene rings is 3. The smallest absolute Gasteiger partial charge is 0.343 e. The van der Waals surface area contributed by atoms with E-state index in [2.05, 4.69) is 33.1 Å². The van der Waals surface area contributed by atoms with E-state index in [-0.39, 0.29) is 5.91 Å². The predicted octanol–water partition coefficient (Wildman–Crippen LogP) is 4.28. The molecule has 0 radical (unpaired) electrons. The van der Waals surface area contributed by atoms with Crippen LogP contribution in [0, 0.1) is 3.57 Å². The van der Waals surface area contributed by atoms with Gasteiger partial charge in [-0.05, 0) is 88.8 Å². The van der Waals surface area contributed by atoms with Crippen molar-refractivity contribution >= 4 is 40.7 Å². The van der Waals surface area contributed by atoms with Gasteiger partial charge >= 0.3 is 5.97 Å². The number of nitrogens with one attached hydrogen (secondary N) is 1. The van der Waals surface area contributed by atoms with Crippen molar-refractivity contribution in [2.45, 2.75) is 0 Å². The van der Waals surface area contributed by atoms with E-state index in [4.69, 9.17) is 9.47 Å². The highest BCUT2D eigenvalue weighted by atomic mass is 127. The van der Waals surface area contributed by atoms with E-state index < -0.39 is 5.97 Å². The number of halogens is 1. The molecule has 3 rings (SSSR count). The van der Waals surface area contributed by atoms with Gasteiger partial charge in [-0.1, -0.05) is 12.1 Å². The topological polar surface area (TPSA) is 77.0 Å². The quantitative estimate of drug-likeness (QED) is 0.180.